The fourth-order valence-electron chi connectivity index (χ4n) is 1.01. The third-order valence-corrected chi connectivity index (χ3v) is 2.50. The zero-order valence-corrected chi connectivity index (χ0v) is 5.90. The van der Waals surface area contributed by atoms with Crippen molar-refractivity contribution in [2.24, 2.45) is 0 Å². The van der Waals surface area contributed by atoms with Crippen molar-refractivity contribution in [1.29, 1.82) is 0 Å². The van der Waals surface area contributed by atoms with Crippen molar-refractivity contribution in [3.63, 3.8) is 0 Å². The van der Waals surface area contributed by atoms with Gasteiger partial charge in [-0.1, -0.05) is 0 Å². The summed E-state index contributed by atoms with van der Waals surface area (Å²) in [5.41, 5.74) is 1.37. The minimum absolute atomic E-state index is 1.14. The minimum Gasteiger partial charge on any atom is -0.333 e. The Hall–Kier alpha value is -0.440. The summed E-state index contributed by atoms with van der Waals surface area (Å²) in [5.74, 6) is 2.38. The maximum Gasteiger partial charge on any atom is 0.0948 e. The van der Waals surface area contributed by atoms with Crippen LogP contribution < -0.4 is 0 Å². The third kappa shape index (κ3) is 0.852. The van der Waals surface area contributed by atoms with E-state index in [-0.39, 0.29) is 0 Å². The molecule has 0 unspecified atom stereocenters. The van der Waals surface area contributed by atoms with Crippen molar-refractivity contribution in [2.75, 3.05) is 5.75 Å². The maximum absolute atomic E-state index is 4.05. The number of nitrogens with zero attached hydrogens (tertiary/aromatic N) is 2. The number of aryl methyl sites for hydroxylation is 1. The molecule has 0 spiro atoms. The van der Waals surface area contributed by atoms with E-state index in [1.807, 2.05) is 24.3 Å². The molecule has 0 saturated heterocycles. The van der Waals surface area contributed by atoms with Gasteiger partial charge in [-0.3, -0.25) is 0 Å². The predicted octanol–water partition coefficient (Wildman–Crippen LogP) is 1.13. The Bertz CT molecular complexity index is 186. The van der Waals surface area contributed by atoms with E-state index in [2.05, 4.69) is 9.55 Å². The lowest BCUT2D eigenvalue weighted by Gasteiger charge is -2.12. The highest BCUT2D eigenvalue weighted by Gasteiger charge is 2.06. The zero-order chi connectivity index (χ0) is 6.10. The normalized spacial score (nSPS) is 17.3. The molecule has 0 aromatic carbocycles. The van der Waals surface area contributed by atoms with E-state index < -0.39 is 0 Å². The van der Waals surface area contributed by atoms with E-state index in [0.29, 0.717) is 0 Å². The van der Waals surface area contributed by atoms with Gasteiger partial charge >= 0.3 is 0 Å². The molecule has 0 atom stereocenters. The molecule has 9 heavy (non-hydrogen) atoms. The summed E-state index contributed by atoms with van der Waals surface area (Å²) in [4.78, 5) is 4.05. The highest BCUT2D eigenvalue weighted by atomic mass is 32.2. The molecule has 0 fully saturated rings. The molecule has 48 valence electrons. The predicted molar refractivity (Wildman–Crippen MR) is 38.4 cm³/mol. The van der Waals surface area contributed by atoms with Gasteiger partial charge in [0.05, 0.1) is 6.33 Å². The molecule has 0 bridgehead atoms. The summed E-state index contributed by atoms with van der Waals surface area (Å²) in [7, 11) is 0. The second-order valence-corrected chi connectivity index (χ2v) is 3.24. The number of fused-ring (bicyclic) bond motifs is 1. The van der Waals surface area contributed by atoms with Crippen LogP contribution in [0.4, 0.5) is 0 Å². The Morgan fingerprint density at radius 2 is 2.67 bits per heavy atom. The van der Waals surface area contributed by atoms with Gasteiger partial charge in [0.1, 0.15) is 0 Å². The van der Waals surface area contributed by atoms with E-state index in [1.165, 1.54) is 11.4 Å². The van der Waals surface area contributed by atoms with Gasteiger partial charge in [-0.15, -0.1) is 0 Å². The Kier molecular flexibility index (Phi) is 1.23. The Morgan fingerprint density at radius 3 is 3.56 bits per heavy atom. The number of hydrogen-bond acceptors (Lipinski definition) is 2. The van der Waals surface area contributed by atoms with Crippen LogP contribution >= 0.6 is 11.8 Å². The largest absolute Gasteiger partial charge is 0.333 e. The van der Waals surface area contributed by atoms with Gasteiger partial charge in [0.25, 0.3) is 0 Å². The van der Waals surface area contributed by atoms with E-state index in [4.69, 9.17) is 0 Å². The molecule has 3 heteroatoms. The minimum atomic E-state index is 1.14. The van der Waals surface area contributed by atoms with Gasteiger partial charge in [-0.2, -0.15) is 11.8 Å². The highest BCUT2D eigenvalue weighted by molar-refractivity contribution is 7.98. The quantitative estimate of drug-likeness (QED) is 0.537. The number of rotatable bonds is 0. The van der Waals surface area contributed by atoms with E-state index in [0.717, 1.165) is 12.3 Å². The van der Waals surface area contributed by atoms with Crippen molar-refractivity contribution < 1.29 is 0 Å². The molecule has 1 aliphatic rings. The number of aromatic nitrogens is 2. The molecule has 1 aliphatic heterocycles. The molecule has 2 rings (SSSR count). The van der Waals surface area contributed by atoms with E-state index >= 15 is 0 Å². The van der Waals surface area contributed by atoms with Crippen molar-refractivity contribution in [3.8, 4) is 0 Å². The van der Waals surface area contributed by atoms with Gasteiger partial charge in [0, 0.05) is 29.9 Å². The molecular weight excluding hydrogens is 132 g/mol. The molecule has 0 aliphatic carbocycles. The fraction of sp³-hybridized carbons (Fsp3) is 0.500. The molecule has 2 heterocycles. The molecule has 0 amide bonds. The van der Waals surface area contributed by atoms with Crippen LogP contribution in [0.1, 0.15) is 5.69 Å². The third-order valence-electron chi connectivity index (χ3n) is 1.52. The number of thioether (sulfide) groups is 1. The van der Waals surface area contributed by atoms with Crippen molar-refractivity contribution in [2.45, 2.75) is 12.3 Å². The fourth-order valence-corrected chi connectivity index (χ4v) is 1.93. The number of hydrogen-bond donors (Lipinski definition) is 0. The summed E-state index contributed by atoms with van der Waals surface area (Å²) in [6.45, 7) is 1.14. The lowest BCUT2D eigenvalue weighted by molar-refractivity contribution is 0.727. The summed E-state index contributed by atoms with van der Waals surface area (Å²) in [5, 5.41) is 0. The van der Waals surface area contributed by atoms with Crippen LogP contribution in [0.25, 0.3) is 0 Å². The van der Waals surface area contributed by atoms with Gasteiger partial charge in [-0.25, -0.2) is 4.98 Å². The van der Waals surface area contributed by atoms with Crippen molar-refractivity contribution in [3.05, 3.63) is 18.2 Å². The first-order valence-corrected chi connectivity index (χ1v) is 4.19. The smallest absolute Gasteiger partial charge is 0.0948 e. The lowest BCUT2D eigenvalue weighted by Crippen LogP contribution is -2.08. The van der Waals surface area contributed by atoms with Crippen molar-refractivity contribution in [1.82, 2.24) is 9.55 Å². The lowest BCUT2D eigenvalue weighted by atomic mass is 10.5. The molecule has 2 nitrogen and oxygen atoms in total. The van der Waals surface area contributed by atoms with Crippen LogP contribution in [0.2, 0.25) is 0 Å². The first-order valence-electron chi connectivity index (χ1n) is 3.03. The summed E-state index contributed by atoms with van der Waals surface area (Å²) in [6, 6.07) is 0. The van der Waals surface area contributed by atoms with Gasteiger partial charge < -0.3 is 4.57 Å². The molecule has 0 saturated carbocycles. The molecule has 0 radical (unpaired) electrons. The van der Waals surface area contributed by atoms with Crippen LogP contribution in [0.3, 0.4) is 0 Å². The standard InChI is InChI=1S/C6H8N2S/c1-2-9-4-6-3-7-5-8(1)6/h3,5H,1-2,4H2. The summed E-state index contributed by atoms with van der Waals surface area (Å²) in [6.07, 6.45) is 3.86. The first-order chi connectivity index (χ1) is 4.47. The molecule has 1 aromatic rings. The molecular formula is C6H8N2S. The van der Waals surface area contributed by atoms with Crippen LogP contribution in [0.5, 0.6) is 0 Å². The Morgan fingerprint density at radius 1 is 1.67 bits per heavy atom. The van der Waals surface area contributed by atoms with E-state index in [9.17, 15) is 0 Å². The Labute approximate surface area is 58.3 Å². The van der Waals surface area contributed by atoms with Crippen LogP contribution in [0, 0.1) is 0 Å². The summed E-state index contributed by atoms with van der Waals surface area (Å²) < 4.78 is 2.22. The second-order valence-electron chi connectivity index (χ2n) is 2.13. The maximum atomic E-state index is 4.05. The summed E-state index contributed by atoms with van der Waals surface area (Å²) >= 11 is 1.98. The zero-order valence-electron chi connectivity index (χ0n) is 5.08. The van der Waals surface area contributed by atoms with Gasteiger partial charge in [0.15, 0.2) is 0 Å². The topological polar surface area (TPSA) is 17.8 Å². The van der Waals surface area contributed by atoms with E-state index in [1.54, 1.807) is 0 Å². The average molecular weight is 140 g/mol. The highest BCUT2D eigenvalue weighted by Crippen LogP contribution is 2.17. The van der Waals surface area contributed by atoms with Crippen molar-refractivity contribution >= 4 is 11.8 Å². The molecule has 0 N–H and O–H groups in total. The Balaban J connectivity index is 2.39. The van der Waals surface area contributed by atoms with Gasteiger partial charge in [0.2, 0.25) is 0 Å². The second kappa shape index (κ2) is 2.06. The van der Waals surface area contributed by atoms with Crippen LogP contribution in [-0.4, -0.2) is 15.3 Å². The van der Waals surface area contributed by atoms with Crippen LogP contribution in [-0.2, 0) is 12.3 Å². The first kappa shape index (κ1) is 5.35. The van der Waals surface area contributed by atoms with Gasteiger partial charge in [-0.05, 0) is 0 Å². The number of imidazole rings is 1. The SMILES string of the molecule is c1ncn2c1CSCC2. The van der Waals surface area contributed by atoms with Crippen LogP contribution in [0.15, 0.2) is 12.5 Å². The monoisotopic (exact) mass is 140 g/mol. The average Bonchev–Trinajstić information content (AvgIpc) is 2.33. The molecule has 1 aromatic heterocycles.